The number of nitrogens with zero attached hydrogens (tertiary/aromatic N) is 2. The zero-order chi connectivity index (χ0) is 13.1. The largest absolute Gasteiger partial charge is 0.316 e. The summed E-state index contributed by atoms with van der Waals surface area (Å²) in [5.74, 6) is 0. The highest BCUT2D eigenvalue weighted by molar-refractivity contribution is 6.30. The van der Waals surface area contributed by atoms with Crippen molar-refractivity contribution >= 4 is 11.6 Å². The van der Waals surface area contributed by atoms with E-state index in [1.54, 1.807) is 0 Å². The lowest BCUT2D eigenvalue weighted by Gasteiger charge is -2.09. The van der Waals surface area contributed by atoms with Crippen LogP contribution >= 0.6 is 11.6 Å². The molecule has 0 atom stereocenters. The van der Waals surface area contributed by atoms with Gasteiger partial charge in [0.2, 0.25) is 0 Å². The van der Waals surface area contributed by atoms with E-state index in [4.69, 9.17) is 11.6 Å². The molecule has 96 valence electrons. The first-order chi connectivity index (χ1) is 8.65. The number of aryl methyl sites for hydroxylation is 2. The second-order valence-electron chi connectivity index (χ2n) is 4.35. The summed E-state index contributed by atoms with van der Waals surface area (Å²) < 4.78 is 1.87. The van der Waals surface area contributed by atoms with Crippen LogP contribution in [0.3, 0.4) is 0 Å². The van der Waals surface area contributed by atoms with Crippen molar-refractivity contribution < 1.29 is 0 Å². The molecule has 0 aliphatic rings. The van der Waals surface area contributed by atoms with Gasteiger partial charge in [0.25, 0.3) is 0 Å². The first-order valence-electron chi connectivity index (χ1n) is 6.11. The number of hydrogen-bond donors (Lipinski definition) is 1. The van der Waals surface area contributed by atoms with Crippen molar-refractivity contribution in [1.29, 1.82) is 0 Å². The minimum atomic E-state index is 0.769. The number of nitrogens with one attached hydrogen (secondary N) is 1. The molecule has 1 aromatic carbocycles. The Morgan fingerprint density at radius 1 is 1.33 bits per heavy atom. The third kappa shape index (κ3) is 2.57. The van der Waals surface area contributed by atoms with Crippen molar-refractivity contribution in [2.45, 2.75) is 19.9 Å². The summed E-state index contributed by atoms with van der Waals surface area (Å²) >= 11 is 6.07. The third-order valence-electron chi connectivity index (χ3n) is 2.96. The van der Waals surface area contributed by atoms with Gasteiger partial charge in [-0.15, -0.1) is 0 Å². The number of benzene rings is 1. The first-order valence-corrected chi connectivity index (χ1v) is 6.49. The van der Waals surface area contributed by atoms with Gasteiger partial charge in [0.1, 0.15) is 0 Å². The Balaban J connectivity index is 2.55. The normalized spacial score (nSPS) is 10.9. The maximum atomic E-state index is 6.07. The molecule has 0 aliphatic heterocycles. The molecule has 1 N–H and O–H groups in total. The molecule has 0 aliphatic carbocycles. The standard InChI is InChI=1S/C14H18ClN3/c1-4-14-13(9-18(3)17-14)12-6-5-11(15)7-10(12)8-16-2/h5-7,9,16H,4,8H2,1-3H3. The van der Waals surface area contributed by atoms with Crippen molar-refractivity contribution in [2.24, 2.45) is 7.05 Å². The highest BCUT2D eigenvalue weighted by Gasteiger charge is 2.12. The van der Waals surface area contributed by atoms with Gasteiger partial charge in [-0.05, 0) is 36.7 Å². The molecule has 0 amide bonds. The number of hydrogen-bond acceptors (Lipinski definition) is 2. The molecule has 0 spiro atoms. The Bertz CT molecular complexity index is 546. The van der Waals surface area contributed by atoms with Gasteiger partial charge in [-0.2, -0.15) is 5.10 Å². The van der Waals surface area contributed by atoms with E-state index in [-0.39, 0.29) is 0 Å². The van der Waals surface area contributed by atoms with Crippen LogP contribution in [-0.2, 0) is 20.0 Å². The highest BCUT2D eigenvalue weighted by atomic mass is 35.5. The molecule has 0 saturated carbocycles. The number of halogens is 1. The van der Waals surface area contributed by atoms with Gasteiger partial charge in [-0.1, -0.05) is 24.6 Å². The van der Waals surface area contributed by atoms with Gasteiger partial charge in [0.05, 0.1) is 5.69 Å². The minimum Gasteiger partial charge on any atom is -0.316 e. The summed E-state index contributed by atoms with van der Waals surface area (Å²) in [5, 5.41) is 8.44. The Morgan fingerprint density at radius 3 is 2.78 bits per heavy atom. The van der Waals surface area contributed by atoms with Crippen LogP contribution in [0.4, 0.5) is 0 Å². The number of aromatic nitrogens is 2. The molecule has 0 saturated heterocycles. The van der Waals surface area contributed by atoms with Crippen molar-refractivity contribution in [3.8, 4) is 11.1 Å². The fourth-order valence-electron chi connectivity index (χ4n) is 2.18. The van der Waals surface area contributed by atoms with E-state index in [0.29, 0.717) is 0 Å². The Labute approximate surface area is 113 Å². The maximum Gasteiger partial charge on any atom is 0.0700 e. The summed E-state index contributed by atoms with van der Waals surface area (Å²) in [6.45, 7) is 2.92. The van der Waals surface area contributed by atoms with Crippen LogP contribution in [0.1, 0.15) is 18.2 Å². The smallest absolute Gasteiger partial charge is 0.0700 e. The Morgan fingerprint density at radius 2 is 2.11 bits per heavy atom. The lowest BCUT2D eigenvalue weighted by molar-refractivity contribution is 0.746. The van der Waals surface area contributed by atoms with E-state index in [0.717, 1.165) is 23.7 Å². The average Bonchev–Trinajstić information content (AvgIpc) is 2.71. The molecule has 2 rings (SSSR count). The molecule has 2 aromatic rings. The zero-order valence-corrected chi connectivity index (χ0v) is 11.8. The van der Waals surface area contributed by atoms with E-state index in [2.05, 4.69) is 29.6 Å². The first kappa shape index (κ1) is 13.1. The number of rotatable bonds is 4. The van der Waals surface area contributed by atoms with Gasteiger partial charge < -0.3 is 5.32 Å². The van der Waals surface area contributed by atoms with Crippen LogP contribution in [-0.4, -0.2) is 16.8 Å². The van der Waals surface area contributed by atoms with Crippen LogP contribution in [0.25, 0.3) is 11.1 Å². The van der Waals surface area contributed by atoms with Gasteiger partial charge in [0.15, 0.2) is 0 Å². The fraction of sp³-hybridized carbons (Fsp3) is 0.357. The van der Waals surface area contributed by atoms with Crippen molar-refractivity contribution in [2.75, 3.05) is 7.05 Å². The highest BCUT2D eigenvalue weighted by Crippen LogP contribution is 2.29. The molecule has 1 aromatic heterocycles. The second kappa shape index (κ2) is 5.55. The van der Waals surface area contributed by atoms with E-state index >= 15 is 0 Å². The summed E-state index contributed by atoms with van der Waals surface area (Å²) in [6.07, 6.45) is 3.00. The monoisotopic (exact) mass is 263 g/mol. The van der Waals surface area contributed by atoms with Crippen molar-refractivity contribution in [3.63, 3.8) is 0 Å². The Hall–Kier alpha value is -1.32. The third-order valence-corrected chi connectivity index (χ3v) is 3.20. The summed E-state index contributed by atoms with van der Waals surface area (Å²) in [4.78, 5) is 0. The van der Waals surface area contributed by atoms with Crippen molar-refractivity contribution in [3.05, 3.63) is 40.7 Å². The summed E-state index contributed by atoms with van der Waals surface area (Å²) in [5.41, 5.74) is 4.73. The molecular formula is C14H18ClN3. The molecule has 1 heterocycles. The van der Waals surface area contributed by atoms with E-state index in [9.17, 15) is 0 Å². The van der Waals surface area contributed by atoms with Crippen LogP contribution in [0.2, 0.25) is 5.02 Å². The fourth-order valence-corrected chi connectivity index (χ4v) is 2.38. The molecular weight excluding hydrogens is 246 g/mol. The van der Waals surface area contributed by atoms with E-state index < -0.39 is 0 Å². The predicted molar refractivity (Wildman–Crippen MR) is 75.8 cm³/mol. The maximum absolute atomic E-state index is 6.07. The topological polar surface area (TPSA) is 29.9 Å². The van der Waals surface area contributed by atoms with Crippen LogP contribution < -0.4 is 5.32 Å². The molecule has 18 heavy (non-hydrogen) atoms. The molecule has 0 bridgehead atoms. The van der Waals surface area contributed by atoms with Crippen molar-refractivity contribution in [1.82, 2.24) is 15.1 Å². The van der Waals surface area contributed by atoms with Gasteiger partial charge in [0, 0.05) is 30.4 Å². The molecule has 4 heteroatoms. The average molecular weight is 264 g/mol. The molecule has 0 fully saturated rings. The van der Waals surface area contributed by atoms with E-state index in [1.807, 2.05) is 30.9 Å². The summed E-state index contributed by atoms with van der Waals surface area (Å²) in [6, 6.07) is 6.02. The van der Waals surface area contributed by atoms with Gasteiger partial charge in [-0.25, -0.2) is 0 Å². The zero-order valence-electron chi connectivity index (χ0n) is 11.0. The molecule has 0 unspecified atom stereocenters. The molecule has 0 radical (unpaired) electrons. The van der Waals surface area contributed by atoms with Crippen LogP contribution in [0.15, 0.2) is 24.4 Å². The lowest BCUT2D eigenvalue weighted by atomic mass is 9.99. The quantitative estimate of drug-likeness (QED) is 0.919. The minimum absolute atomic E-state index is 0.769. The lowest BCUT2D eigenvalue weighted by Crippen LogP contribution is -2.06. The van der Waals surface area contributed by atoms with Gasteiger partial charge >= 0.3 is 0 Å². The second-order valence-corrected chi connectivity index (χ2v) is 4.78. The molecule has 3 nitrogen and oxygen atoms in total. The van der Waals surface area contributed by atoms with E-state index in [1.165, 1.54) is 16.7 Å². The van der Waals surface area contributed by atoms with Crippen LogP contribution in [0, 0.1) is 0 Å². The predicted octanol–water partition coefficient (Wildman–Crippen LogP) is 3.02. The Kier molecular flexibility index (Phi) is 4.04. The summed E-state index contributed by atoms with van der Waals surface area (Å²) in [7, 11) is 3.89. The van der Waals surface area contributed by atoms with Gasteiger partial charge in [-0.3, -0.25) is 4.68 Å². The van der Waals surface area contributed by atoms with Crippen LogP contribution in [0.5, 0.6) is 0 Å². The SMILES string of the molecule is CCc1nn(C)cc1-c1ccc(Cl)cc1CNC.